The van der Waals surface area contributed by atoms with E-state index in [1.807, 2.05) is 19.1 Å². The van der Waals surface area contributed by atoms with E-state index in [0.29, 0.717) is 6.08 Å². The fourth-order valence-corrected chi connectivity index (χ4v) is 1.22. The van der Waals surface area contributed by atoms with Gasteiger partial charge in [-0.2, -0.15) is 0 Å². The summed E-state index contributed by atoms with van der Waals surface area (Å²) in [7, 11) is 1.57. The summed E-state index contributed by atoms with van der Waals surface area (Å²) in [5.74, 6) is 0. The summed E-state index contributed by atoms with van der Waals surface area (Å²) in [5.41, 5.74) is 0. The third kappa shape index (κ3) is 1.78. The van der Waals surface area contributed by atoms with Crippen molar-refractivity contribution in [3.05, 3.63) is 12.2 Å². The predicted octanol–water partition coefficient (Wildman–Crippen LogP) is 1.74. The first-order valence-electron chi connectivity index (χ1n) is 4.23. The smallest absolute Gasteiger partial charge is 0.384 e. The lowest BCUT2D eigenvalue weighted by Crippen LogP contribution is -2.19. The SMILES string of the molecule is C/C=C\C1OC(OC)=NC1CC. The predicted molar refractivity (Wildman–Crippen MR) is 48.2 cm³/mol. The molecule has 1 rings (SSSR count). The topological polar surface area (TPSA) is 30.8 Å². The highest BCUT2D eigenvalue weighted by molar-refractivity contribution is 5.69. The van der Waals surface area contributed by atoms with Crippen molar-refractivity contribution in [2.75, 3.05) is 7.11 Å². The van der Waals surface area contributed by atoms with Crippen LogP contribution in [-0.4, -0.2) is 25.3 Å². The summed E-state index contributed by atoms with van der Waals surface area (Å²) in [6, 6.07) is 0.219. The molecule has 2 atom stereocenters. The Morgan fingerprint density at radius 3 is 2.92 bits per heavy atom. The fraction of sp³-hybridized carbons (Fsp3) is 0.667. The molecule has 0 saturated carbocycles. The number of aliphatic imine (C=N–C) groups is 1. The molecule has 1 heterocycles. The molecule has 0 N–H and O–H groups in total. The molecule has 2 unspecified atom stereocenters. The van der Waals surface area contributed by atoms with E-state index >= 15 is 0 Å². The van der Waals surface area contributed by atoms with E-state index in [9.17, 15) is 0 Å². The molecule has 12 heavy (non-hydrogen) atoms. The van der Waals surface area contributed by atoms with E-state index in [4.69, 9.17) is 9.47 Å². The lowest BCUT2D eigenvalue weighted by molar-refractivity contribution is 0.173. The van der Waals surface area contributed by atoms with Gasteiger partial charge in [-0.25, -0.2) is 4.99 Å². The van der Waals surface area contributed by atoms with E-state index in [-0.39, 0.29) is 12.1 Å². The van der Waals surface area contributed by atoms with Gasteiger partial charge >= 0.3 is 6.08 Å². The van der Waals surface area contributed by atoms with Crippen LogP contribution in [0.15, 0.2) is 17.1 Å². The number of allylic oxidation sites excluding steroid dienone is 1. The molecule has 0 amide bonds. The van der Waals surface area contributed by atoms with Gasteiger partial charge in [-0.05, 0) is 19.4 Å². The molecule has 0 aromatic carbocycles. The number of hydrogen-bond acceptors (Lipinski definition) is 3. The maximum Gasteiger partial charge on any atom is 0.384 e. The van der Waals surface area contributed by atoms with Crippen molar-refractivity contribution in [1.29, 1.82) is 0 Å². The Hall–Kier alpha value is -0.990. The van der Waals surface area contributed by atoms with E-state index in [1.165, 1.54) is 0 Å². The normalized spacial score (nSPS) is 28.8. The monoisotopic (exact) mass is 169 g/mol. The van der Waals surface area contributed by atoms with Crippen LogP contribution in [0, 0.1) is 0 Å². The summed E-state index contributed by atoms with van der Waals surface area (Å²) >= 11 is 0. The molecule has 3 heteroatoms. The molecule has 1 aliphatic rings. The number of nitrogens with zero attached hydrogens (tertiary/aromatic N) is 1. The lowest BCUT2D eigenvalue weighted by Gasteiger charge is -2.10. The van der Waals surface area contributed by atoms with Gasteiger partial charge in [0, 0.05) is 0 Å². The minimum Gasteiger partial charge on any atom is -0.454 e. The Labute approximate surface area is 73.1 Å². The zero-order valence-electron chi connectivity index (χ0n) is 7.78. The number of hydrogen-bond donors (Lipinski definition) is 0. The summed E-state index contributed by atoms with van der Waals surface area (Å²) in [6.07, 6.45) is 5.42. The fourth-order valence-electron chi connectivity index (χ4n) is 1.22. The molecule has 3 nitrogen and oxygen atoms in total. The Morgan fingerprint density at radius 1 is 1.67 bits per heavy atom. The summed E-state index contributed by atoms with van der Waals surface area (Å²) in [4.78, 5) is 4.25. The Morgan fingerprint density at radius 2 is 2.42 bits per heavy atom. The first-order chi connectivity index (χ1) is 5.81. The molecular formula is C9H15NO2. The van der Waals surface area contributed by atoms with Gasteiger partial charge in [-0.1, -0.05) is 13.0 Å². The molecule has 0 spiro atoms. The highest BCUT2D eigenvalue weighted by Gasteiger charge is 2.27. The van der Waals surface area contributed by atoms with Gasteiger partial charge in [-0.3, -0.25) is 0 Å². The van der Waals surface area contributed by atoms with Crippen LogP contribution in [0.2, 0.25) is 0 Å². The first-order valence-corrected chi connectivity index (χ1v) is 4.23. The van der Waals surface area contributed by atoms with Crippen molar-refractivity contribution >= 4 is 6.08 Å². The number of ether oxygens (including phenoxy) is 2. The molecule has 1 aliphatic heterocycles. The standard InChI is InChI=1S/C9H15NO2/c1-4-6-8-7(5-2)10-9(11-3)12-8/h4,6-8H,5H2,1-3H3/b6-4-. The van der Waals surface area contributed by atoms with Gasteiger partial charge in [0.1, 0.15) is 6.10 Å². The quantitative estimate of drug-likeness (QED) is 0.589. The van der Waals surface area contributed by atoms with Crippen molar-refractivity contribution in [3.63, 3.8) is 0 Å². The van der Waals surface area contributed by atoms with E-state index < -0.39 is 0 Å². The van der Waals surface area contributed by atoms with E-state index in [0.717, 1.165) is 6.42 Å². The summed E-state index contributed by atoms with van der Waals surface area (Å²) in [6.45, 7) is 4.06. The van der Waals surface area contributed by atoms with Gasteiger partial charge in [0.25, 0.3) is 0 Å². The van der Waals surface area contributed by atoms with Crippen LogP contribution < -0.4 is 0 Å². The third-order valence-electron chi connectivity index (χ3n) is 1.86. The maximum atomic E-state index is 5.40. The molecular weight excluding hydrogens is 154 g/mol. The van der Waals surface area contributed by atoms with E-state index in [1.54, 1.807) is 7.11 Å². The first kappa shape index (κ1) is 9.10. The zero-order chi connectivity index (χ0) is 8.97. The summed E-state index contributed by atoms with van der Waals surface area (Å²) in [5, 5.41) is 0. The van der Waals surface area contributed by atoms with E-state index in [2.05, 4.69) is 11.9 Å². The second-order valence-corrected chi connectivity index (χ2v) is 2.68. The van der Waals surface area contributed by atoms with Crippen molar-refractivity contribution in [2.24, 2.45) is 4.99 Å². The van der Waals surface area contributed by atoms with Crippen LogP contribution in [-0.2, 0) is 9.47 Å². The van der Waals surface area contributed by atoms with Gasteiger partial charge in [0.15, 0.2) is 0 Å². The molecule has 0 radical (unpaired) electrons. The zero-order valence-corrected chi connectivity index (χ0v) is 7.78. The molecule has 0 aromatic heterocycles. The highest BCUT2D eigenvalue weighted by atomic mass is 16.7. The molecule has 0 saturated heterocycles. The van der Waals surface area contributed by atoms with Crippen molar-refractivity contribution in [3.8, 4) is 0 Å². The number of rotatable bonds is 2. The van der Waals surface area contributed by atoms with Crippen LogP contribution in [0.25, 0.3) is 0 Å². The molecule has 0 aromatic rings. The molecule has 0 bridgehead atoms. The van der Waals surface area contributed by atoms with Crippen LogP contribution in [0.5, 0.6) is 0 Å². The Balaban J connectivity index is 2.60. The third-order valence-corrected chi connectivity index (χ3v) is 1.86. The minimum absolute atomic E-state index is 0.0648. The second-order valence-electron chi connectivity index (χ2n) is 2.68. The average molecular weight is 169 g/mol. The molecule has 68 valence electrons. The lowest BCUT2D eigenvalue weighted by atomic mass is 10.1. The summed E-state index contributed by atoms with van der Waals surface area (Å²) < 4.78 is 10.3. The van der Waals surface area contributed by atoms with Crippen molar-refractivity contribution < 1.29 is 9.47 Å². The van der Waals surface area contributed by atoms with Crippen LogP contribution in [0.3, 0.4) is 0 Å². The van der Waals surface area contributed by atoms with Gasteiger partial charge < -0.3 is 9.47 Å². The maximum absolute atomic E-state index is 5.40. The van der Waals surface area contributed by atoms with Gasteiger partial charge in [0.05, 0.1) is 13.2 Å². The second kappa shape index (κ2) is 4.14. The van der Waals surface area contributed by atoms with Crippen LogP contribution in [0.4, 0.5) is 0 Å². The Kier molecular flexibility index (Phi) is 3.14. The largest absolute Gasteiger partial charge is 0.454 e. The van der Waals surface area contributed by atoms with Crippen molar-refractivity contribution in [1.82, 2.24) is 0 Å². The minimum atomic E-state index is 0.0648. The van der Waals surface area contributed by atoms with Crippen LogP contribution in [0.1, 0.15) is 20.3 Å². The van der Waals surface area contributed by atoms with Gasteiger partial charge in [0.2, 0.25) is 0 Å². The van der Waals surface area contributed by atoms with Crippen LogP contribution >= 0.6 is 0 Å². The van der Waals surface area contributed by atoms with Gasteiger partial charge in [-0.15, -0.1) is 0 Å². The highest BCUT2D eigenvalue weighted by Crippen LogP contribution is 2.17. The Bertz CT molecular complexity index is 199. The number of methoxy groups -OCH3 is 1. The molecule has 0 fully saturated rings. The molecule has 0 aliphatic carbocycles. The average Bonchev–Trinajstić information content (AvgIpc) is 2.48. The van der Waals surface area contributed by atoms with Crippen molar-refractivity contribution in [2.45, 2.75) is 32.4 Å².